The third-order valence-electron chi connectivity index (χ3n) is 2.90. The molecule has 4 heteroatoms. The van der Waals surface area contributed by atoms with Crippen LogP contribution in [-0.2, 0) is 6.54 Å². The predicted octanol–water partition coefficient (Wildman–Crippen LogP) is 3.77. The summed E-state index contributed by atoms with van der Waals surface area (Å²) in [5.41, 5.74) is 1.04. The van der Waals surface area contributed by atoms with Crippen molar-refractivity contribution in [3.05, 3.63) is 48.2 Å². The van der Waals surface area contributed by atoms with Gasteiger partial charge < -0.3 is 14.8 Å². The van der Waals surface area contributed by atoms with Crippen LogP contribution in [0.3, 0.4) is 0 Å². The summed E-state index contributed by atoms with van der Waals surface area (Å²) in [5.74, 6) is 2.23. The molecule has 0 saturated carbocycles. The summed E-state index contributed by atoms with van der Waals surface area (Å²) in [4.78, 5) is 4.32. The van der Waals surface area contributed by atoms with Crippen LogP contribution in [0.15, 0.2) is 42.6 Å². The molecule has 0 aliphatic heterocycles. The van der Waals surface area contributed by atoms with Crippen molar-refractivity contribution in [3.63, 3.8) is 0 Å². The first-order valence-corrected chi connectivity index (χ1v) is 7.27. The lowest BCUT2D eigenvalue weighted by Crippen LogP contribution is -2.22. The van der Waals surface area contributed by atoms with Gasteiger partial charge in [-0.25, -0.2) is 4.98 Å². The summed E-state index contributed by atoms with van der Waals surface area (Å²) >= 11 is 0. The van der Waals surface area contributed by atoms with E-state index in [0.717, 1.165) is 23.6 Å². The zero-order chi connectivity index (χ0) is 15.1. The minimum atomic E-state index is 0.420. The average Bonchev–Trinajstić information content (AvgIpc) is 2.48. The van der Waals surface area contributed by atoms with E-state index in [2.05, 4.69) is 24.1 Å². The average molecular weight is 286 g/mol. The Morgan fingerprint density at radius 3 is 2.48 bits per heavy atom. The van der Waals surface area contributed by atoms with E-state index in [1.807, 2.05) is 43.3 Å². The number of benzene rings is 1. The largest absolute Gasteiger partial charge is 0.494 e. The number of nitrogens with one attached hydrogen (secondary N) is 1. The fraction of sp³-hybridized carbons (Fsp3) is 0.353. The van der Waals surface area contributed by atoms with Gasteiger partial charge in [0, 0.05) is 24.3 Å². The molecule has 4 nitrogen and oxygen atoms in total. The lowest BCUT2D eigenvalue weighted by atomic mass is 10.2. The first-order chi connectivity index (χ1) is 10.2. The molecule has 0 radical (unpaired) electrons. The van der Waals surface area contributed by atoms with Crippen LogP contribution < -0.4 is 14.8 Å². The van der Waals surface area contributed by atoms with E-state index in [0.29, 0.717) is 18.5 Å². The quantitative estimate of drug-likeness (QED) is 0.841. The topological polar surface area (TPSA) is 43.4 Å². The number of pyridine rings is 1. The van der Waals surface area contributed by atoms with Gasteiger partial charge in [-0.2, -0.15) is 0 Å². The number of hydrogen-bond donors (Lipinski definition) is 1. The third kappa shape index (κ3) is 4.76. The SMILES string of the molecule is CCOc1ccc(Oc2ncccc2CNC(C)C)cc1. The molecular formula is C17H22N2O2. The highest BCUT2D eigenvalue weighted by Gasteiger charge is 2.07. The van der Waals surface area contributed by atoms with E-state index in [1.54, 1.807) is 6.20 Å². The van der Waals surface area contributed by atoms with Crippen molar-refractivity contribution in [1.82, 2.24) is 10.3 Å². The lowest BCUT2D eigenvalue weighted by Gasteiger charge is -2.12. The standard InChI is InChI=1S/C17H22N2O2/c1-4-20-15-7-9-16(10-8-15)21-17-14(6-5-11-18-17)12-19-13(2)3/h5-11,13,19H,4,12H2,1-3H3. The van der Waals surface area contributed by atoms with Gasteiger partial charge in [-0.05, 0) is 37.3 Å². The normalized spacial score (nSPS) is 10.7. The predicted molar refractivity (Wildman–Crippen MR) is 83.9 cm³/mol. The molecule has 0 aliphatic carbocycles. The molecule has 0 fully saturated rings. The van der Waals surface area contributed by atoms with Crippen LogP contribution in [0.25, 0.3) is 0 Å². The molecule has 112 valence electrons. The van der Waals surface area contributed by atoms with Gasteiger partial charge >= 0.3 is 0 Å². The Morgan fingerprint density at radius 1 is 1.10 bits per heavy atom. The molecule has 1 aromatic carbocycles. The Hall–Kier alpha value is -2.07. The van der Waals surface area contributed by atoms with E-state index in [9.17, 15) is 0 Å². The summed E-state index contributed by atoms with van der Waals surface area (Å²) in [6.45, 7) is 7.59. The maximum Gasteiger partial charge on any atom is 0.223 e. The van der Waals surface area contributed by atoms with E-state index in [1.165, 1.54) is 0 Å². The first kappa shape index (κ1) is 15.3. The van der Waals surface area contributed by atoms with Crippen molar-refractivity contribution in [2.75, 3.05) is 6.61 Å². The number of hydrogen-bond acceptors (Lipinski definition) is 4. The zero-order valence-corrected chi connectivity index (χ0v) is 12.8. The Kier molecular flexibility index (Phi) is 5.58. The summed E-state index contributed by atoms with van der Waals surface area (Å²) < 4.78 is 11.3. The highest BCUT2D eigenvalue weighted by atomic mass is 16.5. The second-order valence-corrected chi connectivity index (χ2v) is 5.01. The highest BCUT2D eigenvalue weighted by molar-refractivity contribution is 5.35. The smallest absolute Gasteiger partial charge is 0.223 e. The minimum absolute atomic E-state index is 0.420. The van der Waals surface area contributed by atoms with Crippen LogP contribution in [0.4, 0.5) is 0 Å². The molecule has 0 bridgehead atoms. The number of rotatable bonds is 7. The summed E-state index contributed by atoms with van der Waals surface area (Å²) in [7, 11) is 0. The van der Waals surface area contributed by atoms with Gasteiger partial charge in [0.25, 0.3) is 0 Å². The van der Waals surface area contributed by atoms with Gasteiger partial charge in [-0.15, -0.1) is 0 Å². The van der Waals surface area contributed by atoms with E-state index >= 15 is 0 Å². The molecule has 2 rings (SSSR count). The molecule has 0 saturated heterocycles. The molecule has 0 unspecified atom stereocenters. The van der Waals surface area contributed by atoms with Crippen LogP contribution in [-0.4, -0.2) is 17.6 Å². The van der Waals surface area contributed by atoms with Crippen LogP contribution >= 0.6 is 0 Å². The number of ether oxygens (including phenoxy) is 2. The Balaban J connectivity index is 2.08. The second-order valence-electron chi connectivity index (χ2n) is 5.01. The molecule has 21 heavy (non-hydrogen) atoms. The molecule has 1 aromatic heterocycles. The monoisotopic (exact) mass is 286 g/mol. The molecule has 0 atom stereocenters. The van der Waals surface area contributed by atoms with E-state index < -0.39 is 0 Å². The van der Waals surface area contributed by atoms with Crippen molar-refractivity contribution in [2.24, 2.45) is 0 Å². The van der Waals surface area contributed by atoms with Gasteiger partial charge in [0.05, 0.1) is 6.61 Å². The fourth-order valence-corrected chi connectivity index (χ4v) is 1.85. The van der Waals surface area contributed by atoms with Crippen molar-refractivity contribution in [2.45, 2.75) is 33.4 Å². The van der Waals surface area contributed by atoms with Crippen LogP contribution in [0, 0.1) is 0 Å². The van der Waals surface area contributed by atoms with Crippen LogP contribution in [0.5, 0.6) is 17.4 Å². The molecule has 0 spiro atoms. The van der Waals surface area contributed by atoms with Crippen molar-refractivity contribution >= 4 is 0 Å². The van der Waals surface area contributed by atoms with Gasteiger partial charge in [-0.3, -0.25) is 0 Å². The van der Waals surface area contributed by atoms with Gasteiger partial charge in [0.15, 0.2) is 0 Å². The highest BCUT2D eigenvalue weighted by Crippen LogP contribution is 2.25. The second kappa shape index (κ2) is 7.64. The van der Waals surface area contributed by atoms with Gasteiger partial charge in [-0.1, -0.05) is 19.9 Å². The zero-order valence-electron chi connectivity index (χ0n) is 12.8. The number of aromatic nitrogens is 1. The maximum atomic E-state index is 5.87. The van der Waals surface area contributed by atoms with E-state index in [-0.39, 0.29) is 0 Å². The number of nitrogens with zero attached hydrogens (tertiary/aromatic N) is 1. The fourth-order valence-electron chi connectivity index (χ4n) is 1.85. The summed E-state index contributed by atoms with van der Waals surface area (Å²) in [6.07, 6.45) is 1.74. The molecule has 1 N–H and O–H groups in total. The van der Waals surface area contributed by atoms with Crippen LogP contribution in [0.2, 0.25) is 0 Å². The summed E-state index contributed by atoms with van der Waals surface area (Å²) in [5, 5.41) is 3.37. The Labute approximate surface area is 126 Å². The Bertz CT molecular complexity index is 553. The van der Waals surface area contributed by atoms with Crippen molar-refractivity contribution < 1.29 is 9.47 Å². The molecular weight excluding hydrogens is 264 g/mol. The van der Waals surface area contributed by atoms with Crippen molar-refractivity contribution in [3.8, 4) is 17.4 Å². The maximum absolute atomic E-state index is 5.87. The summed E-state index contributed by atoms with van der Waals surface area (Å²) in [6, 6.07) is 11.9. The lowest BCUT2D eigenvalue weighted by molar-refractivity contribution is 0.339. The minimum Gasteiger partial charge on any atom is -0.494 e. The van der Waals surface area contributed by atoms with Crippen molar-refractivity contribution in [1.29, 1.82) is 0 Å². The van der Waals surface area contributed by atoms with Crippen LogP contribution in [0.1, 0.15) is 26.3 Å². The molecule has 0 aliphatic rings. The third-order valence-corrected chi connectivity index (χ3v) is 2.90. The van der Waals surface area contributed by atoms with Gasteiger partial charge in [0.2, 0.25) is 5.88 Å². The molecule has 1 heterocycles. The Morgan fingerprint density at radius 2 is 1.81 bits per heavy atom. The molecule has 2 aromatic rings. The van der Waals surface area contributed by atoms with Gasteiger partial charge in [0.1, 0.15) is 11.5 Å². The molecule has 0 amide bonds. The van der Waals surface area contributed by atoms with E-state index in [4.69, 9.17) is 9.47 Å². The first-order valence-electron chi connectivity index (χ1n) is 7.27.